The summed E-state index contributed by atoms with van der Waals surface area (Å²) in [7, 11) is 0. The fourth-order valence-electron chi connectivity index (χ4n) is 7.24. The SMILES string of the molecule is N#Cc1cccc(-n2c3ccccc3c3c(-c4ccc5c6ccccc6n(-c6ccccc6)c5c4)cccc32)c1-c1ccccc1. The second-order valence-electron chi connectivity index (χ2n) is 11.6. The number of fused-ring (bicyclic) bond motifs is 6. The van der Waals surface area contributed by atoms with Crippen LogP contribution in [0.1, 0.15) is 5.56 Å². The maximum Gasteiger partial charge on any atom is 0.0998 e. The third-order valence-electron chi connectivity index (χ3n) is 9.16. The first kappa shape index (κ1) is 26.1. The summed E-state index contributed by atoms with van der Waals surface area (Å²) >= 11 is 0. The predicted octanol–water partition coefficient (Wildman–Crippen LogP) is 11.1. The van der Waals surface area contributed by atoms with Crippen molar-refractivity contribution in [3.8, 4) is 39.7 Å². The van der Waals surface area contributed by atoms with Gasteiger partial charge in [-0.1, -0.05) is 115 Å². The van der Waals surface area contributed by atoms with Crippen molar-refractivity contribution in [2.75, 3.05) is 0 Å². The fraction of sp³-hybridized carbons (Fsp3) is 0. The number of rotatable bonds is 4. The largest absolute Gasteiger partial charge is 0.309 e. The maximum atomic E-state index is 10.2. The van der Waals surface area contributed by atoms with Gasteiger partial charge in [0.15, 0.2) is 0 Å². The molecule has 0 radical (unpaired) electrons. The molecular formula is C43H27N3. The van der Waals surface area contributed by atoms with Gasteiger partial charge in [0.05, 0.1) is 39.4 Å². The Hall–Kier alpha value is -6.37. The van der Waals surface area contributed by atoms with Gasteiger partial charge in [-0.25, -0.2) is 0 Å². The van der Waals surface area contributed by atoms with Crippen LogP contribution in [0, 0.1) is 11.3 Å². The van der Waals surface area contributed by atoms with Crippen LogP contribution in [-0.2, 0) is 0 Å². The highest BCUT2D eigenvalue weighted by molar-refractivity contribution is 6.17. The second-order valence-corrected chi connectivity index (χ2v) is 11.6. The maximum absolute atomic E-state index is 10.2. The highest BCUT2D eigenvalue weighted by atomic mass is 15.0. The van der Waals surface area contributed by atoms with Crippen molar-refractivity contribution in [1.29, 1.82) is 5.26 Å². The third-order valence-corrected chi connectivity index (χ3v) is 9.16. The minimum Gasteiger partial charge on any atom is -0.309 e. The zero-order valence-corrected chi connectivity index (χ0v) is 24.9. The second kappa shape index (κ2) is 10.4. The van der Waals surface area contributed by atoms with Crippen LogP contribution in [0.5, 0.6) is 0 Å². The molecule has 0 bridgehead atoms. The summed E-state index contributed by atoms with van der Waals surface area (Å²) in [5.74, 6) is 0. The van der Waals surface area contributed by atoms with E-state index in [0.717, 1.165) is 39.1 Å². The topological polar surface area (TPSA) is 33.6 Å². The van der Waals surface area contributed by atoms with E-state index in [1.807, 2.05) is 30.3 Å². The summed E-state index contributed by atoms with van der Waals surface area (Å²) in [5, 5.41) is 15.1. The van der Waals surface area contributed by atoms with Gasteiger partial charge in [-0.05, 0) is 65.2 Å². The zero-order valence-electron chi connectivity index (χ0n) is 24.9. The van der Waals surface area contributed by atoms with Crippen molar-refractivity contribution in [3.05, 3.63) is 169 Å². The van der Waals surface area contributed by atoms with Crippen LogP contribution in [0.15, 0.2) is 164 Å². The Morgan fingerprint density at radius 1 is 0.435 bits per heavy atom. The zero-order chi connectivity index (χ0) is 30.6. The molecule has 0 aliphatic carbocycles. The number of hydrogen-bond donors (Lipinski definition) is 0. The van der Waals surface area contributed by atoms with Gasteiger partial charge in [0.2, 0.25) is 0 Å². The van der Waals surface area contributed by atoms with Gasteiger partial charge in [-0.2, -0.15) is 5.26 Å². The molecular weight excluding hydrogens is 558 g/mol. The lowest BCUT2D eigenvalue weighted by Crippen LogP contribution is -1.99. The minimum atomic E-state index is 0.657. The average Bonchev–Trinajstić information content (AvgIpc) is 3.64. The Bertz CT molecular complexity index is 2630. The Balaban J connectivity index is 1.36. The van der Waals surface area contributed by atoms with Gasteiger partial charge >= 0.3 is 0 Å². The van der Waals surface area contributed by atoms with Crippen molar-refractivity contribution in [2.24, 2.45) is 0 Å². The van der Waals surface area contributed by atoms with Crippen LogP contribution >= 0.6 is 0 Å². The molecule has 0 unspecified atom stereocenters. The quantitative estimate of drug-likeness (QED) is 0.202. The Kier molecular flexibility index (Phi) is 5.88. The predicted molar refractivity (Wildman–Crippen MR) is 191 cm³/mol. The van der Waals surface area contributed by atoms with Crippen molar-refractivity contribution in [3.63, 3.8) is 0 Å². The molecule has 214 valence electrons. The molecule has 0 spiro atoms. The molecule has 7 aromatic carbocycles. The number of nitrogens with zero attached hydrogens (tertiary/aromatic N) is 3. The molecule has 9 rings (SSSR count). The van der Waals surface area contributed by atoms with Crippen LogP contribution in [0.3, 0.4) is 0 Å². The van der Waals surface area contributed by atoms with E-state index in [2.05, 4.69) is 149 Å². The van der Waals surface area contributed by atoms with Crippen LogP contribution < -0.4 is 0 Å². The van der Waals surface area contributed by atoms with Gasteiger partial charge in [-0.15, -0.1) is 0 Å². The molecule has 0 aliphatic heterocycles. The molecule has 0 amide bonds. The van der Waals surface area contributed by atoms with Crippen molar-refractivity contribution in [2.45, 2.75) is 0 Å². The Morgan fingerprint density at radius 2 is 1.07 bits per heavy atom. The van der Waals surface area contributed by atoms with Crippen LogP contribution in [0.4, 0.5) is 0 Å². The van der Waals surface area contributed by atoms with Gasteiger partial charge in [0, 0.05) is 32.8 Å². The van der Waals surface area contributed by atoms with E-state index in [-0.39, 0.29) is 0 Å². The summed E-state index contributed by atoms with van der Waals surface area (Å²) in [4.78, 5) is 0. The lowest BCUT2D eigenvalue weighted by atomic mass is 9.97. The lowest BCUT2D eigenvalue weighted by molar-refractivity contribution is 1.18. The first-order valence-corrected chi connectivity index (χ1v) is 15.5. The van der Waals surface area contributed by atoms with Crippen LogP contribution in [0.25, 0.3) is 77.2 Å². The Labute approximate surface area is 266 Å². The summed E-state index contributed by atoms with van der Waals surface area (Å²) in [5.41, 5.74) is 11.7. The lowest BCUT2D eigenvalue weighted by Gasteiger charge is -2.15. The Morgan fingerprint density at radius 3 is 1.85 bits per heavy atom. The van der Waals surface area contributed by atoms with Gasteiger partial charge in [0.25, 0.3) is 0 Å². The molecule has 0 saturated carbocycles. The van der Waals surface area contributed by atoms with E-state index in [1.165, 1.54) is 38.1 Å². The van der Waals surface area contributed by atoms with E-state index >= 15 is 0 Å². The van der Waals surface area contributed by atoms with Crippen molar-refractivity contribution < 1.29 is 0 Å². The van der Waals surface area contributed by atoms with Crippen LogP contribution in [-0.4, -0.2) is 9.13 Å². The minimum absolute atomic E-state index is 0.657. The first-order valence-electron chi connectivity index (χ1n) is 15.5. The standard InChI is InChI=1S/C43H27N3/c44-28-31-15-11-23-39(42(31)29-13-3-1-4-14-29)46-38-22-10-8-19-36(38)43-33(20-12-24-40(43)46)30-25-26-35-34-18-7-9-21-37(34)45(41(35)27-30)32-16-5-2-6-17-32/h1-27H. The van der Waals surface area contributed by atoms with Crippen molar-refractivity contribution in [1.82, 2.24) is 9.13 Å². The number of aromatic nitrogens is 2. The normalized spacial score (nSPS) is 11.5. The molecule has 3 heteroatoms. The molecule has 46 heavy (non-hydrogen) atoms. The molecule has 9 aromatic rings. The molecule has 2 aromatic heterocycles. The highest BCUT2D eigenvalue weighted by Crippen LogP contribution is 2.42. The molecule has 0 aliphatic rings. The fourth-order valence-corrected chi connectivity index (χ4v) is 7.24. The highest BCUT2D eigenvalue weighted by Gasteiger charge is 2.21. The first-order chi connectivity index (χ1) is 22.8. The van der Waals surface area contributed by atoms with E-state index in [1.54, 1.807) is 0 Å². The van der Waals surface area contributed by atoms with Gasteiger partial charge < -0.3 is 9.13 Å². The number of benzene rings is 7. The molecule has 0 atom stereocenters. The van der Waals surface area contributed by atoms with Crippen molar-refractivity contribution >= 4 is 43.6 Å². The van der Waals surface area contributed by atoms with Crippen LogP contribution in [0.2, 0.25) is 0 Å². The molecule has 3 nitrogen and oxygen atoms in total. The smallest absolute Gasteiger partial charge is 0.0998 e. The van der Waals surface area contributed by atoms with Gasteiger partial charge in [-0.3, -0.25) is 0 Å². The summed E-state index contributed by atoms with van der Waals surface area (Å²) in [6.07, 6.45) is 0. The van der Waals surface area contributed by atoms with E-state index in [0.29, 0.717) is 5.56 Å². The number of hydrogen-bond acceptors (Lipinski definition) is 1. The molecule has 2 heterocycles. The average molecular weight is 586 g/mol. The molecule has 0 fully saturated rings. The number of nitriles is 1. The van der Waals surface area contributed by atoms with E-state index < -0.39 is 0 Å². The monoisotopic (exact) mass is 585 g/mol. The van der Waals surface area contributed by atoms with E-state index in [9.17, 15) is 5.26 Å². The molecule has 0 saturated heterocycles. The summed E-state index contributed by atoms with van der Waals surface area (Å²) < 4.78 is 4.70. The summed E-state index contributed by atoms with van der Waals surface area (Å²) in [6.45, 7) is 0. The number of para-hydroxylation sites is 3. The van der Waals surface area contributed by atoms with E-state index in [4.69, 9.17) is 0 Å². The van der Waals surface area contributed by atoms with Gasteiger partial charge in [0.1, 0.15) is 0 Å². The summed E-state index contributed by atoms with van der Waals surface area (Å²) in [6, 6.07) is 60.1. The molecule has 0 N–H and O–H groups in total. The third kappa shape index (κ3) is 3.84.